The lowest BCUT2D eigenvalue weighted by Gasteiger charge is -2.25. The number of benzene rings is 3. The summed E-state index contributed by atoms with van der Waals surface area (Å²) in [6.07, 6.45) is 3.13. The molecule has 1 atom stereocenters. The van der Waals surface area contributed by atoms with Crippen molar-refractivity contribution < 1.29 is 23.7 Å². The van der Waals surface area contributed by atoms with Crippen LogP contribution in [0, 0.1) is 11.3 Å². The van der Waals surface area contributed by atoms with Crippen LogP contribution in [0.4, 0.5) is 0 Å². The van der Waals surface area contributed by atoms with Gasteiger partial charge in [0.2, 0.25) is 6.79 Å². The van der Waals surface area contributed by atoms with Crippen LogP contribution in [0.1, 0.15) is 55.0 Å². The van der Waals surface area contributed by atoms with Crippen LogP contribution in [-0.2, 0) is 16.1 Å². The zero-order valence-electron chi connectivity index (χ0n) is 24.2. The molecule has 0 fully saturated rings. The minimum Gasteiger partial charge on any atom is -0.489 e. The van der Waals surface area contributed by atoms with Gasteiger partial charge in [0.15, 0.2) is 16.3 Å². The maximum absolute atomic E-state index is 14.0. The summed E-state index contributed by atoms with van der Waals surface area (Å²) in [5, 5.41) is 9.32. The Kier molecular flexibility index (Phi) is 8.30. The maximum atomic E-state index is 14.0. The number of rotatable bonds is 9. The summed E-state index contributed by atoms with van der Waals surface area (Å²) >= 11 is 1.28. The van der Waals surface area contributed by atoms with E-state index in [1.165, 1.54) is 11.3 Å². The molecular formula is C34H29N3O6S. The number of hydrogen-bond acceptors (Lipinski definition) is 9. The normalized spacial score (nSPS) is 15.4. The highest BCUT2D eigenvalue weighted by Crippen LogP contribution is 2.38. The first kappa shape index (κ1) is 29.0. The van der Waals surface area contributed by atoms with Crippen LogP contribution in [-0.4, -0.2) is 23.9 Å². The van der Waals surface area contributed by atoms with Crippen molar-refractivity contribution in [3.8, 4) is 23.3 Å². The average molecular weight is 608 g/mol. The van der Waals surface area contributed by atoms with Gasteiger partial charge >= 0.3 is 5.97 Å². The lowest BCUT2D eigenvalue weighted by Crippen LogP contribution is -2.40. The molecule has 0 radical (unpaired) electrons. The molecule has 0 N–H and O–H groups in total. The number of nitrogens with zero attached hydrogens (tertiary/aromatic N) is 3. The third kappa shape index (κ3) is 5.62. The molecule has 0 amide bonds. The van der Waals surface area contributed by atoms with Crippen LogP contribution in [0.25, 0.3) is 6.08 Å². The lowest BCUT2D eigenvalue weighted by molar-refractivity contribution is -0.139. The highest BCUT2D eigenvalue weighted by atomic mass is 32.1. The van der Waals surface area contributed by atoms with E-state index in [4.69, 9.17) is 23.9 Å². The zero-order valence-corrected chi connectivity index (χ0v) is 25.1. The Labute approximate surface area is 257 Å². The van der Waals surface area contributed by atoms with Crippen LogP contribution in [0.15, 0.2) is 87.8 Å². The summed E-state index contributed by atoms with van der Waals surface area (Å²) in [4.78, 5) is 32.7. The summed E-state index contributed by atoms with van der Waals surface area (Å²) in [6.45, 7) is 4.35. The zero-order chi connectivity index (χ0) is 30.6. The summed E-state index contributed by atoms with van der Waals surface area (Å²) in [5.74, 6) is 1.31. The van der Waals surface area contributed by atoms with E-state index in [9.17, 15) is 14.9 Å². The van der Waals surface area contributed by atoms with Crippen molar-refractivity contribution in [1.29, 1.82) is 5.26 Å². The van der Waals surface area contributed by atoms with Crippen LogP contribution in [0.2, 0.25) is 0 Å². The van der Waals surface area contributed by atoms with Gasteiger partial charge in [-0.05, 0) is 60.9 Å². The van der Waals surface area contributed by atoms with Crippen molar-refractivity contribution in [2.75, 3.05) is 13.4 Å². The molecular weight excluding hydrogens is 578 g/mol. The Bertz CT molecular complexity index is 1980. The van der Waals surface area contributed by atoms with E-state index in [0.29, 0.717) is 55.4 Å². The molecule has 0 aliphatic carbocycles. The molecule has 0 bridgehead atoms. The highest BCUT2D eigenvalue weighted by Gasteiger charge is 2.35. The van der Waals surface area contributed by atoms with Crippen molar-refractivity contribution in [3.63, 3.8) is 0 Å². The molecule has 0 saturated heterocycles. The third-order valence-corrected chi connectivity index (χ3v) is 8.30. The van der Waals surface area contributed by atoms with Gasteiger partial charge in [0.1, 0.15) is 12.4 Å². The second-order valence-corrected chi connectivity index (χ2v) is 11.2. The van der Waals surface area contributed by atoms with E-state index in [-0.39, 0.29) is 25.6 Å². The first-order valence-electron chi connectivity index (χ1n) is 14.3. The minimum atomic E-state index is -0.740. The topological polar surface area (TPSA) is 112 Å². The van der Waals surface area contributed by atoms with Gasteiger partial charge in [-0.15, -0.1) is 0 Å². The smallest absolute Gasteiger partial charge is 0.338 e. The fourth-order valence-electron chi connectivity index (χ4n) is 5.25. The van der Waals surface area contributed by atoms with E-state index < -0.39 is 12.0 Å². The predicted octanol–water partition coefficient (Wildman–Crippen LogP) is 4.76. The first-order chi connectivity index (χ1) is 21.5. The molecule has 4 aromatic rings. The first-order valence-corrected chi connectivity index (χ1v) is 15.1. The van der Waals surface area contributed by atoms with Gasteiger partial charge in [-0.2, -0.15) is 5.26 Å². The number of nitriles is 1. The maximum Gasteiger partial charge on any atom is 0.338 e. The van der Waals surface area contributed by atoms with Gasteiger partial charge in [0, 0.05) is 5.56 Å². The van der Waals surface area contributed by atoms with Crippen molar-refractivity contribution in [1.82, 2.24) is 4.57 Å². The van der Waals surface area contributed by atoms with Gasteiger partial charge in [0.25, 0.3) is 5.56 Å². The molecule has 2 aliphatic rings. The Morgan fingerprint density at radius 3 is 2.68 bits per heavy atom. The van der Waals surface area contributed by atoms with Crippen LogP contribution in [0.3, 0.4) is 0 Å². The predicted molar refractivity (Wildman–Crippen MR) is 164 cm³/mol. The number of aromatic nitrogens is 1. The molecule has 0 unspecified atom stereocenters. The van der Waals surface area contributed by atoms with E-state index in [0.717, 1.165) is 17.5 Å². The molecule has 0 saturated carbocycles. The summed E-state index contributed by atoms with van der Waals surface area (Å²) in [5.41, 5.74) is 3.59. The number of ether oxygens (including phenoxy) is 4. The van der Waals surface area contributed by atoms with Crippen molar-refractivity contribution in [2.45, 2.75) is 39.3 Å². The van der Waals surface area contributed by atoms with Crippen molar-refractivity contribution in [3.05, 3.63) is 120 Å². The van der Waals surface area contributed by atoms with Crippen LogP contribution < -0.4 is 29.1 Å². The van der Waals surface area contributed by atoms with Crippen molar-refractivity contribution >= 4 is 23.4 Å². The Balaban J connectivity index is 1.38. The van der Waals surface area contributed by atoms with E-state index in [1.807, 2.05) is 67.6 Å². The van der Waals surface area contributed by atoms with Gasteiger partial charge in [-0.3, -0.25) is 9.36 Å². The minimum absolute atomic E-state index is 0.111. The third-order valence-electron chi connectivity index (χ3n) is 7.31. The van der Waals surface area contributed by atoms with Gasteiger partial charge < -0.3 is 18.9 Å². The molecule has 9 nitrogen and oxygen atoms in total. The van der Waals surface area contributed by atoms with Gasteiger partial charge in [-0.25, -0.2) is 9.79 Å². The average Bonchev–Trinajstić information content (AvgIpc) is 3.64. The van der Waals surface area contributed by atoms with E-state index in [1.54, 1.807) is 23.6 Å². The van der Waals surface area contributed by atoms with E-state index >= 15 is 0 Å². The van der Waals surface area contributed by atoms with E-state index in [2.05, 4.69) is 6.07 Å². The lowest BCUT2D eigenvalue weighted by atomic mass is 9.94. The Morgan fingerprint density at radius 2 is 1.91 bits per heavy atom. The Hall–Kier alpha value is -5.14. The summed E-state index contributed by atoms with van der Waals surface area (Å²) < 4.78 is 24.5. The molecule has 1 aromatic heterocycles. The number of hydrogen-bond donors (Lipinski definition) is 0. The standard InChI is InChI=1S/C34H29N3O6S/c1-3-7-26-30(33(39)40-4-2)31(22-12-15-27-28(17-22)43-20-42-27)37-32(38)29(44-34(37)36-26)16-21-10-13-25(14-11-21)41-19-24-9-6-5-8-23(24)18-35/h5-6,8-17,31H,3-4,7,19-20H2,1-2H3/b29-16+/t31-/m0/s1. The number of carbonyl (C=O) groups is 1. The second-order valence-electron chi connectivity index (χ2n) is 10.2. The molecule has 0 spiro atoms. The molecule has 44 heavy (non-hydrogen) atoms. The number of thiazole rings is 1. The molecule has 3 aromatic carbocycles. The molecule has 2 aliphatic heterocycles. The monoisotopic (exact) mass is 607 g/mol. The summed E-state index contributed by atoms with van der Waals surface area (Å²) in [6, 6.07) is 21.6. The molecule has 10 heteroatoms. The van der Waals surface area contributed by atoms with Gasteiger partial charge in [0.05, 0.1) is 40.1 Å². The molecule has 222 valence electrons. The highest BCUT2D eigenvalue weighted by molar-refractivity contribution is 7.07. The fourth-order valence-corrected chi connectivity index (χ4v) is 6.27. The summed E-state index contributed by atoms with van der Waals surface area (Å²) in [7, 11) is 0. The SMILES string of the molecule is CCCC1=C(C(=O)OCC)[C@H](c2ccc3c(c2)OCO3)n2c(s/c(=C/c3ccc(OCc4ccccc4C#N)cc3)c2=O)=N1. The number of carbonyl (C=O) groups excluding carboxylic acids is 1. The molecule has 3 heterocycles. The van der Waals surface area contributed by atoms with Crippen molar-refractivity contribution in [2.24, 2.45) is 4.99 Å². The number of fused-ring (bicyclic) bond motifs is 2. The quantitative estimate of drug-likeness (QED) is 0.252. The second kappa shape index (κ2) is 12.6. The fraction of sp³-hybridized carbons (Fsp3) is 0.235. The number of esters is 1. The van der Waals surface area contributed by atoms with Gasteiger partial charge in [-0.1, -0.05) is 61.1 Å². The largest absolute Gasteiger partial charge is 0.489 e. The molecule has 6 rings (SSSR count). The number of allylic oxidation sites excluding steroid dienone is 1. The van der Waals surface area contributed by atoms with Crippen LogP contribution >= 0.6 is 11.3 Å². The van der Waals surface area contributed by atoms with Crippen LogP contribution in [0.5, 0.6) is 17.2 Å². The Morgan fingerprint density at radius 1 is 1.11 bits per heavy atom.